The summed E-state index contributed by atoms with van der Waals surface area (Å²) in [5.74, 6) is 0.245. The Bertz CT molecular complexity index is 1140. The van der Waals surface area contributed by atoms with Crippen LogP contribution < -0.4 is 15.2 Å². The number of carbonyl (C=O) groups excluding carboxylic acids is 1. The Labute approximate surface area is 180 Å². The Kier molecular flexibility index (Phi) is 5.04. The average molecular weight is 425 g/mol. The Balaban J connectivity index is 1.79. The molecule has 1 fully saturated rings. The maximum absolute atomic E-state index is 13.0. The molecule has 4 heterocycles. The zero-order valence-corrected chi connectivity index (χ0v) is 18.5. The number of aromatic nitrogens is 2. The second-order valence-electron chi connectivity index (χ2n) is 9.03. The first-order chi connectivity index (χ1) is 14.6. The molecule has 2 aliphatic rings. The van der Waals surface area contributed by atoms with Gasteiger partial charge >= 0.3 is 6.09 Å². The molecular formula is C22H27N5O4. The molecule has 0 aliphatic carbocycles. The quantitative estimate of drug-likeness (QED) is 0.691. The van der Waals surface area contributed by atoms with Gasteiger partial charge in [-0.2, -0.15) is 5.26 Å². The number of carbonyl (C=O) groups is 1. The highest BCUT2D eigenvalue weighted by Gasteiger charge is 2.42. The molecule has 0 saturated carbocycles. The van der Waals surface area contributed by atoms with E-state index in [2.05, 4.69) is 16.0 Å². The Morgan fingerprint density at radius 1 is 1.35 bits per heavy atom. The van der Waals surface area contributed by atoms with E-state index in [0.29, 0.717) is 29.8 Å². The van der Waals surface area contributed by atoms with Crippen molar-refractivity contribution < 1.29 is 14.3 Å². The number of hydrogen-bond acceptors (Lipinski definition) is 7. The van der Waals surface area contributed by atoms with Crippen LogP contribution in [0, 0.1) is 11.3 Å². The number of hydrogen-bond donors (Lipinski definition) is 0. The van der Waals surface area contributed by atoms with Crippen LogP contribution in [0.25, 0.3) is 11.0 Å². The van der Waals surface area contributed by atoms with E-state index in [1.54, 1.807) is 24.1 Å². The lowest BCUT2D eigenvalue weighted by atomic mass is 10.0. The fourth-order valence-electron chi connectivity index (χ4n) is 4.27. The minimum Gasteiger partial charge on any atom is -0.484 e. The second kappa shape index (κ2) is 7.45. The summed E-state index contributed by atoms with van der Waals surface area (Å²) in [6, 6.07) is 5.17. The average Bonchev–Trinajstić information content (AvgIpc) is 2.74. The molecular weight excluding hydrogens is 398 g/mol. The Morgan fingerprint density at radius 3 is 2.74 bits per heavy atom. The van der Waals surface area contributed by atoms with Crippen molar-refractivity contribution in [2.24, 2.45) is 7.05 Å². The van der Waals surface area contributed by atoms with Crippen LogP contribution in [0.5, 0.6) is 5.75 Å². The number of nitrogens with zero attached hydrogens (tertiary/aromatic N) is 5. The van der Waals surface area contributed by atoms with E-state index in [1.807, 2.05) is 27.7 Å². The highest BCUT2D eigenvalue weighted by Crippen LogP contribution is 2.39. The SMILES string of the molecule is CC[C@@H]1CN2c3c(c(=O)n(C)c4ccc(C#N)nc34)OC[C@@H]2CN1C(=O)OC(C)(C)C. The number of anilines is 1. The maximum atomic E-state index is 13.0. The van der Waals surface area contributed by atoms with Crippen LogP contribution in [0.3, 0.4) is 0 Å². The van der Waals surface area contributed by atoms with Gasteiger partial charge in [-0.1, -0.05) is 6.92 Å². The number of ether oxygens (including phenoxy) is 2. The summed E-state index contributed by atoms with van der Waals surface area (Å²) in [5, 5.41) is 9.34. The molecule has 0 spiro atoms. The highest BCUT2D eigenvalue weighted by molar-refractivity contribution is 5.93. The van der Waals surface area contributed by atoms with Gasteiger partial charge in [0.05, 0.1) is 17.6 Å². The van der Waals surface area contributed by atoms with Gasteiger partial charge in [0.25, 0.3) is 5.56 Å². The lowest BCUT2D eigenvalue weighted by Gasteiger charge is -2.49. The van der Waals surface area contributed by atoms with Crippen molar-refractivity contribution in [3.8, 4) is 11.8 Å². The van der Waals surface area contributed by atoms with Gasteiger partial charge in [-0.3, -0.25) is 4.79 Å². The van der Waals surface area contributed by atoms with Gasteiger partial charge in [-0.25, -0.2) is 9.78 Å². The van der Waals surface area contributed by atoms with Crippen LogP contribution in [0.4, 0.5) is 10.5 Å². The lowest BCUT2D eigenvalue weighted by Crippen LogP contribution is -2.63. The maximum Gasteiger partial charge on any atom is 0.410 e. The van der Waals surface area contributed by atoms with Crippen molar-refractivity contribution in [1.29, 1.82) is 5.26 Å². The first kappa shape index (κ1) is 21.0. The minimum absolute atomic E-state index is 0.0877. The molecule has 0 aromatic carbocycles. The zero-order valence-electron chi connectivity index (χ0n) is 18.5. The predicted molar refractivity (Wildman–Crippen MR) is 115 cm³/mol. The number of piperazine rings is 1. The van der Waals surface area contributed by atoms with E-state index in [4.69, 9.17) is 9.47 Å². The molecule has 9 nitrogen and oxygen atoms in total. The summed E-state index contributed by atoms with van der Waals surface area (Å²) in [4.78, 5) is 34.2. The highest BCUT2D eigenvalue weighted by atomic mass is 16.6. The van der Waals surface area contributed by atoms with Gasteiger partial charge in [0.1, 0.15) is 35.2 Å². The molecule has 164 valence electrons. The van der Waals surface area contributed by atoms with E-state index in [0.717, 1.165) is 6.42 Å². The molecule has 0 N–H and O–H groups in total. The topological polar surface area (TPSA) is 101 Å². The van der Waals surface area contributed by atoms with Crippen LogP contribution in [0.1, 0.15) is 39.8 Å². The van der Waals surface area contributed by atoms with Crippen molar-refractivity contribution in [2.75, 3.05) is 24.6 Å². The zero-order chi connectivity index (χ0) is 22.5. The van der Waals surface area contributed by atoms with Gasteiger partial charge < -0.3 is 23.8 Å². The summed E-state index contributed by atoms with van der Waals surface area (Å²) in [6.45, 7) is 8.80. The molecule has 31 heavy (non-hydrogen) atoms. The molecule has 0 bridgehead atoms. The summed E-state index contributed by atoms with van der Waals surface area (Å²) >= 11 is 0. The molecule has 2 aliphatic heterocycles. The lowest BCUT2D eigenvalue weighted by molar-refractivity contribution is 0.00736. The van der Waals surface area contributed by atoms with E-state index in [9.17, 15) is 14.9 Å². The van der Waals surface area contributed by atoms with Gasteiger partial charge in [-0.15, -0.1) is 0 Å². The van der Waals surface area contributed by atoms with Crippen molar-refractivity contribution in [3.05, 3.63) is 28.2 Å². The normalized spacial score (nSPS) is 20.5. The third-order valence-electron chi connectivity index (χ3n) is 5.79. The largest absolute Gasteiger partial charge is 0.484 e. The molecule has 9 heteroatoms. The van der Waals surface area contributed by atoms with Gasteiger partial charge in [0.2, 0.25) is 5.75 Å². The standard InChI is InChI=1S/C22H27N5O4/c1-6-14-10-26-15(11-27(14)21(29)31-22(2,3)4)12-30-19-18(26)17-16(25(5)20(19)28)8-7-13(9-23)24-17/h7-8,14-15H,6,10-12H2,1-5H3/t14-,15+/m1/s1. The molecule has 2 aromatic rings. The monoisotopic (exact) mass is 425 g/mol. The summed E-state index contributed by atoms with van der Waals surface area (Å²) < 4.78 is 13.0. The molecule has 0 radical (unpaired) electrons. The van der Waals surface area contributed by atoms with Crippen molar-refractivity contribution in [2.45, 2.75) is 51.8 Å². The summed E-state index contributed by atoms with van der Waals surface area (Å²) in [6.07, 6.45) is 0.390. The number of aryl methyl sites for hydroxylation is 1. The van der Waals surface area contributed by atoms with Crippen molar-refractivity contribution in [1.82, 2.24) is 14.5 Å². The number of pyridine rings is 2. The number of rotatable bonds is 1. The Morgan fingerprint density at radius 2 is 2.10 bits per heavy atom. The van der Waals surface area contributed by atoms with Gasteiger partial charge in [0.15, 0.2) is 0 Å². The molecule has 1 saturated heterocycles. The summed E-state index contributed by atoms with van der Waals surface area (Å²) in [5.41, 5.74) is 1.25. The van der Waals surface area contributed by atoms with Gasteiger partial charge in [-0.05, 0) is 39.3 Å². The van der Waals surface area contributed by atoms with Crippen LogP contribution >= 0.6 is 0 Å². The van der Waals surface area contributed by atoms with Crippen LogP contribution in [-0.2, 0) is 11.8 Å². The fraction of sp³-hybridized carbons (Fsp3) is 0.545. The minimum atomic E-state index is -0.581. The fourth-order valence-corrected chi connectivity index (χ4v) is 4.27. The molecule has 0 unspecified atom stereocenters. The predicted octanol–water partition coefficient (Wildman–Crippen LogP) is 2.40. The molecule has 2 atom stereocenters. The summed E-state index contributed by atoms with van der Waals surface area (Å²) in [7, 11) is 1.67. The van der Waals surface area contributed by atoms with Gasteiger partial charge in [0, 0.05) is 20.1 Å². The van der Waals surface area contributed by atoms with E-state index in [1.165, 1.54) is 4.57 Å². The van der Waals surface area contributed by atoms with E-state index >= 15 is 0 Å². The van der Waals surface area contributed by atoms with E-state index < -0.39 is 5.60 Å². The Hall–Kier alpha value is -3.28. The van der Waals surface area contributed by atoms with Crippen molar-refractivity contribution >= 4 is 22.8 Å². The van der Waals surface area contributed by atoms with Crippen molar-refractivity contribution in [3.63, 3.8) is 0 Å². The number of nitriles is 1. The molecule has 4 rings (SSSR count). The van der Waals surface area contributed by atoms with E-state index in [-0.39, 0.29) is 41.8 Å². The smallest absolute Gasteiger partial charge is 0.410 e. The molecule has 1 amide bonds. The first-order valence-corrected chi connectivity index (χ1v) is 10.5. The second-order valence-corrected chi connectivity index (χ2v) is 9.03. The third-order valence-corrected chi connectivity index (χ3v) is 5.79. The first-order valence-electron chi connectivity index (χ1n) is 10.5. The number of fused-ring (bicyclic) bond motifs is 5. The van der Waals surface area contributed by atoms with Crippen LogP contribution in [0.2, 0.25) is 0 Å². The van der Waals surface area contributed by atoms with Crippen LogP contribution in [0.15, 0.2) is 16.9 Å². The number of amides is 1. The third kappa shape index (κ3) is 3.56. The molecule has 2 aromatic heterocycles. The van der Waals surface area contributed by atoms with Crippen LogP contribution in [-0.4, -0.2) is 57.9 Å².